The molecule has 174 valence electrons. The fraction of sp³-hybridized carbons (Fsp3) is 0.269. The summed E-state index contributed by atoms with van der Waals surface area (Å²) in [6.07, 6.45) is 1.18. The molecule has 1 fully saturated rings. The third-order valence-electron chi connectivity index (χ3n) is 6.22. The van der Waals surface area contributed by atoms with Gasteiger partial charge in [-0.2, -0.15) is 0 Å². The van der Waals surface area contributed by atoms with Crippen molar-refractivity contribution < 1.29 is 9.90 Å². The first-order valence-electron chi connectivity index (χ1n) is 11.4. The fourth-order valence-corrected chi connectivity index (χ4v) is 4.67. The average Bonchev–Trinajstić information content (AvgIpc) is 3.27. The summed E-state index contributed by atoms with van der Waals surface area (Å²) in [5, 5.41) is 24.6. The van der Waals surface area contributed by atoms with E-state index in [9.17, 15) is 9.90 Å². The van der Waals surface area contributed by atoms with Gasteiger partial charge in [0.05, 0.1) is 12.6 Å². The second kappa shape index (κ2) is 9.83. The van der Waals surface area contributed by atoms with Crippen LogP contribution < -0.4 is 10.2 Å². The Kier molecular flexibility index (Phi) is 6.47. The largest absolute Gasteiger partial charge is 0.391 e. The van der Waals surface area contributed by atoms with Crippen LogP contribution in [0, 0.1) is 0 Å². The molecule has 1 amide bonds. The van der Waals surface area contributed by atoms with Gasteiger partial charge >= 0.3 is 0 Å². The molecule has 1 aromatic heterocycles. The van der Waals surface area contributed by atoms with Crippen LogP contribution in [0.4, 0.5) is 5.95 Å². The number of rotatable bonds is 6. The number of aliphatic hydroxyl groups is 1. The molecule has 0 radical (unpaired) electrons. The highest BCUT2D eigenvalue weighted by atomic mass is 35.5. The molecule has 1 aliphatic heterocycles. The molecule has 4 aromatic rings. The van der Waals surface area contributed by atoms with Gasteiger partial charge in [-0.15, -0.1) is 10.2 Å². The molecular formula is C26H26ClN5O2. The Morgan fingerprint density at radius 3 is 2.65 bits per heavy atom. The van der Waals surface area contributed by atoms with Crippen LogP contribution in [0.5, 0.6) is 0 Å². The number of halogens is 1. The highest BCUT2D eigenvalue weighted by Crippen LogP contribution is 2.24. The molecule has 0 spiro atoms. The first-order valence-corrected chi connectivity index (χ1v) is 11.8. The molecule has 0 aliphatic carbocycles. The van der Waals surface area contributed by atoms with Gasteiger partial charge in [0.2, 0.25) is 11.8 Å². The molecule has 1 unspecified atom stereocenters. The van der Waals surface area contributed by atoms with Crippen LogP contribution in [0.1, 0.15) is 34.6 Å². The lowest BCUT2D eigenvalue weighted by atomic mass is 10.0. The summed E-state index contributed by atoms with van der Waals surface area (Å²) in [4.78, 5) is 15.3. The van der Waals surface area contributed by atoms with E-state index >= 15 is 0 Å². The fourth-order valence-electron chi connectivity index (χ4n) is 4.48. The number of amides is 1. The molecule has 3 aromatic carbocycles. The van der Waals surface area contributed by atoms with E-state index in [-0.39, 0.29) is 11.7 Å². The van der Waals surface area contributed by atoms with Gasteiger partial charge in [-0.05, 0) is 40.8 Å². The standard InChI is InChI=1S/C26H26ClN5O2/c27-23-13-4-2-8-20(23)16-32-24(29-30-26(32)31-14-6-11-21(33)17-31)25(34)28-15-19-10-5-9-18-7-1-3-12-22(18)19/h1-5,7-10,12-13,21,33H,6,11,14-17H2,(H,28,34). The van der Waals surface area contributed by atoms with Gasteiger partial charge in [0.25, 0.3) is 5.91 Å². The van der Waals surface area contributed by atoms with Crippen molar-refractivity contribution in [2.75, 3.05) is 18.0 Å². The summed E-state index contributed by atoms with van der Waals surface area (Å²) in [5.74, 6) is 0.473. The number of benzene rings is 3. The molecule has 34 heavy (non-hydrogen) atoms. The van der Waals surface area contributed by atoms with Gasteiger partial charge in [0.1, 0.15) is 0 Å². The zero-order valence-electron chi connectivity index (χ0n) is 18.7. The molecule has 7 nitrogen and oxygen atoms in total. The van der Waals surface area contributed by atoms with E-state index < -0.39 is 6.10 Å². The lowest BCUT2D eigenvalue weighted by Gasteiger charge is -2.31. The first-order chi connectivity index (χ1) is 16.6. The number of piperidine rings is 1. The number of anilines is 1. The van der Waals surface area contributed by atoms with Crippen LogP contribution in [0.2, 0.25) is 5.02 Å². The van der Waals surface area contributed by atoms with E-state index in [4.69, 9.17) is 11.6 Å². The minimum absolute atomic E-state index is 0.218. The monoisotopic (exact) mass is 475 g/mol. The molecule has 1 atom stereocenters. The maximum Gasteiger partial charge on any atom is 0.289 e. The number of β-amino-alcohol motifs (C(OH)–C–C–N with tert-alkyl or cyclic N) is 1. The second-order valence-corrected chi connectivity index (χ2v) is 8.97. The lowest BCUT2D eigenvalue weighted by Crippen LogP contribution is -2.40. The molecule has 0 saturated carbocycles. The molecular weight excluding hydrogens is 450 g/mol. The van der Waals surface area contributed by atoms with Crippen LogP contribution in [0.3, 0.4) is 0 Å². The van der Waals surface area contributed by atoms with Crippen LogP contribution in [-0.2, 0) is 13.1 Å². The molecule has 5 rings (SSSR count). The maximum absolute atomic E-state index is 13.3. The van der Waals surface area contributed by atoms with E-state index in [1.165, 1.54) is 0 Å². The van der Waals surface area contributed by atoms with Crippen LogP contribution in [-0.4, -0.2) is 45.0 Å². The Morgan fingerprint density at radius 1 is 1.03 bits per heavy atom. The number of fused-ring (bicyclic) bond motifs is 1. The molecule has 0 bridgehead atoms. The van der Waals surface area contributed by atoms with Crippen molar-refractivity contribution in [3.05, 3.63) is 88.7 Å². The summed E-state index contributed by atoms with van der Waals surface area (Å²) in [7, 11) is 0. The number of nitrogens with zero attached hydrogens (tertiary/aromatic N) is 4. The minimum Gasteiger partial charge on any atom is -0.391 e. The number of aromatic nitrogens is 3. The predicted octanol–water partition coefficient (Wildman–Crippen LogP) is 4.02. The first kappa shape index (κ1) is 22.4. The number of aliphatic hydroxyl groups excluding tert-OH is 1. The van der Waals surface area contributed by atoms with Crippen LogP contribution in [0.15, 0.2) is 66.7 Å². The SMILES string of the molecule is O=C(NCc1cccc2ccccc12)c1nnc(N2CCCC(O)C2)n1Cc1ccccc1Cl. The van der Waals surface area contributed by atoms with E-state index in [1.54, 1.807) is 4.57 Å². The summed E-state index contributed by atoms with van der Waals surface area (Å²) in [6.45, 7) is 1.93. The van der Waals surface area contributed by atoms with Crippen molar-refractivity contribution >= 4 is 34.2 Å². The highest BCUT2D eigenvalue weighted by Gasteiger charge is 2.26. The van der Waals surface area contributed by atoms with E-state index in [0.29, 0.717) is 30.6 Å². The Labute approximate surface area is 203 Å². The quantitative estimate of drug-likeness (QED) is 0.440. The van der Waals surface area contributed by atoms with Crippen molar-refractivity contribution in [3.8, 4) is 0 Å². The molecule has 2 N–H and O–H groups in total. The summed E-state index contributed by atoms with van der Waals surface area (Å²) in [6, 6.07) is 21.7. The lowest BCUT2D eigenvalue weighted by molar-refractivity contribution is 0.0936. The van der Waals surface area contributed by atoms with Crippen molar-refractivity contribution in [2.24, 2.45) is 0 Å². The highest BCUT2D eigenvalue weighted by molar-refractivity contribution is 6.31. The Balaban J connectivity index is 1.44. The van der Waals surface area contributed by atoms with Crippen molar-refractivity contribution in [3.63, 3.8) is 0 Å². The minimum atomic E-state index is -0.428. The molecule has 1 aliphatic rings. The van der Waals surface area contributed by atoms with Gasteiger partial charge < -0.3 is 15.3 Å². The number of carbonyl (C=O) groups is 1. The predicted molar refractivity (Wildman–Crippen MR) is 133 cm³/mol. The Hall–Kier alpha value is -3.42. The van der Waals surface area contributed by atoms with Gasteiger partial charge in [0, 0.05) is 24.7 Å². The Morgan fingerprint density at radius 2 is 1.79 bits per heavy atom. The summed E-state index contributed by atoms with van der Waals surface area (Å²) in [5.41, 5.74) is 1.90. The summed E-state index contributed by atoms with van der Waals surface area (Å²) < 4.78 is 1.79. The van der Waals surface area contributed by atoms with Crippen molar-refractivity contribution in [1.82, 2.24) is 20.1 Å². The third kappa shape index (κ3) is 4.62. The topological polar surface area (TPSA) is 83.3 Å². The molecule has 1 saturated heterocycles. The van der Waals surface area contributed by atoms with E-state index in [1.807, 2.05) is 53.4 Å². The van der Waals surface area contributed by atoms with Gasteiger partial charge in [0.15, 0.2) is 0 Å². The van der Waals surface area contributed by atoms with Crippen molar-refractivity contribution in [1.29, 1.82) is 0 Å². The van der Waals surface area contributed by atoms with E-state index in [2.05, 4.69) is 33.7 Å². The number of carbonyl (C=O) groups excluding carboxylic acids is 1. The molecule has 8 heteroatoms. The van der Waals surface area contributed by atoms with Crippen LogP contribution in [0.25, 0.3) is 10.8 Å². The van der Waals surface area contributed by atoms with E-state index in [0.717, 1.165) is 41.3 Å². The van der Waals surface area contributed by atoms with Gasteiger partial charge in [-0.25, -0.2) is 0 Å². The van der Waals surface area contributed by atoms with Crippen LogP contribution >= 0.6 is 11.6 Å². The van der Waals surface area contributed by atoms with Crippen molar-refractivity contribution in [2.45, 2.75) is 32.0 Å². The van der Waals surface area contributed by atoms with Gasteiger partial charge in [-0.3, -0.25) is 9.36 Å². The molecule has 2 heterocycles. The number of hydrogen-bond acceptors (Lipinski definition) is 5. The second-order valence-electron chi connectivity index (χ2n) is 8.56. The normalized spacial score (nSPS) is 16.1. The summed E-state index contributed by atoms with van der Waals surface area (Å²) >= 11 is 6.42. The average molecular weight is 476 g/mol. The smallest absolute Gasteiger partial charge is 0.289 e. The van der Waals surface area contributed by atoms with Gasteiger partial charge in [-0.1, -0.05) is 72.3 Å². The maximum atomic E-state index is 13.3. The third-order valence-corrected chi connectivity index (χ3v) is 6.59. The number of hydrogen-bond donors (Lipinski definition) is 2. The zero-order chi connectivity index (χ0) is 23.5. The number of nitrogens with one attached hydrogen (secondary N) is 1. The Bertz CT molecular complexity index is 1320. The zero-order valence-corrected chi connectivity index (χ0v) is 19.4.